The number of H-pyrrole nitrogens is 1. The Morgan fingerprint density at radius 2 is 1.97 bits per heavy atom. The Kier molecular flexibility index (Phi) is 5.54. The second-order valence-electron chi connectivity index (χ2n) is 6.60. The number of nitro groups is 1. The first-order chi connectivity index (χ1) is 13.5. The molecule has 1 unspecified atom stereocenters. The summed E-state index contributed by atoms with van der Waals surface area (Å²) in [6, 6.07) is 2.16. The van der Waals surface area contributed by atoms with Gasteiger partial charge in [0.1, 0.15) is 17.6 Å². The summed E-state index contributed by atoms with van der Waals surface area (Å²) in [5.41, 5.74) is -6.25. The number of benzene rings is 1. The summed E-state index contributed by atoms with van der Waals surface area (Å²) < 4.78 is 61.3. The topological polar surface area (TPSA) is 129 Å². The van der Waals surface area contributed by atoms with Crippen LogP contribution in [0.5, 0.6) is 0 Å². The van der Waals surface area contributed by atoms with E-state index in [4.69, 9.17) is 0 Å². The maximum Gasteiger partial charge on any atom is 0.501 e. The van der Waals surface area contributed by atoms with Crippen molar-refractivity contribution in [1.29, 1.82) is 0 Å². The van der Waals surface area contributed by atoms with Gasteiger partial charge in [-0.2, -0.15) is 13.2 Å². The molecule has 2 aromatic rings. The number of aromatic amines is 1. The molecule has 1 aliphatic rings. The van der Waals surface area contributed by atoms with Crippen molar-refractivity contribution in [3.63, 3.8) is 0 Å². The van der Waals surface area contributed by atoms with E-state index in [0.29, 0.717) is 37.8 Å². The van der Waals surface area contributed by atoms with Crippen LogP contribution >= 0.6 is 0 Å². The van der Waals surface area contributed by atoms with E-state index in [-0.39, 0.29) is 11.6 Å². The summed E-state index contributed by atoms with van der Waals surface area (Å²) >= 11 is 0. The number of piperidine rings is 1. The summed E-state index contributed by atoms with van der Waals surface area (Å²) in [7, 11) is -5.69. The number of halogens is 3. The highest BCUT2D eigenvalue weighted by Gasteiger charge is 2.47. The molecule has 0 aliphatic carbocycles. The van der Waals surface area contributed by atoms with Crippen molar-refractivity contribution in [2.75, 3.05) is 18.0 Å². The molecular weight excluding hydrogens is 417 g/mol. The second-order valence-corrected chi connectivity index (χ2v) is 8.54. The molecule has 0 bridgehead atoms. The van der Waals surface area contributed by atoms with Gasteiger partial charge in [-0.1, -0.05) is 0 Å². The molecule has 0 saturated carbocycles. The monoisotopic (exact) mass is 434 g/mol. The fourth-order valence-electron chi connectivity index (χ4n) is 3.34. The SMILES string of the molecule is O=[N+]([O-])c1cc(S(=O)(=O)C(F)(F)F)ccc1N1CCC(C(O)c2ncc[nH]2)CC1. The normalized spacial score (nSPS) is 17.3. The number of aliphatic hydroxyl groups is 1. The molecule has 1 aromatic carbocycles. The van der Waals surface area contributed by atoms with Gasteiger partial charge in [0, 0.05) is 31.5 Å². The fraction of sp³-hybridized carbons (Fsp3) is 0.438. The third-order valence-electron chi connectivity index (χ3n) is 4.88. The average molecular weight is 434 g/mol. The van der Waals surface area contributed by atoms with E-state index in [9.17, 15) is 36.8 Å². The van der Waals surface area contributed by atoms with Gasteiger partial charge < -0.3 is 15.0 Å². The molecule has 1 aromatic heterocycles. The standard InChI is InChI=1S/C16H17F3N4O5S/c17-16(18,19)29(27,28)11-1-2-12(13(9-11)23(25)26)22-7-3-10(4-8-22)14(24)15-20-5-6-21-15/h1-2,5-6,9-10,14,24H,3-4,7-8H2,(H,20,21). The number of nitrogens with one attached hydrogen (secondary N) is 1. The molecule has 158 valence electrons. The van der Waals surface area contributed by atoms with Crippen molar-refractivity contribution < 1.29 is 31.6 Å². The number of aromatic nitrogens is 2. The van der Waals surface area contributed by atoms with Crippen LogP contribution in [0.1, 0.15) is 24.8 Å². The van der Waals surface area contributed by atoms with E-state index in [2.05, 4.69) is 9.97 Å². The van der Waals surface area contributed by atoms with Crippen molar-refractivity contribution >= 4 is 21.2 Å². The van der Waals surface area contributed by atoms with Crippen LogP contribution in [0.15, 0.2) is 35.5 Å². The largest absolute Gasteiger partial charge is 0.501 e. The maximum atomic E-state index is 12.7. The van der Waals surface area contributed by atoms with Crippen molar-refractivity contribution in [2.45, 2.75) is 29.3 Å². The maximum absolute atomic E-state index is 12.7. The molecule has 2 N–H and O–H groups in total. The van der Waals surface area contributed by atoms with Crippen molar-refractivity contribution in [3.05, 3.63) is 46.5 Å². The highest BCUT2D eigenvalue weighted by Crippen LogP contribution is 2.38. The van der Waals surface area contributed by atoms with E-state index in [1.54, 1.807) is 11.1 Å². The van der Waals surface area contributed by atoms with E-state index in [0.717, 1.165) is 12.1 Å². The quantitative estimate of drug-likeness (QED) is 0.546. The number of alkyl halides is 3. The van der Waals surface area contributed by atoms with Gasteiger partial charge in [0.2, 0.25) is 0 Å². The lowest BCUT2D eigenvalue weighted by Crippen LogP contribution is -2.36. The molecule has 29 heavy (non-hydrogen) atoms. The van der Waals surface area contributed by atoms with E-state index >= 15 is 0 Å². The Balaban J connectivity index is 1.82. The summed E-state index contributed by atoms with van der Waals surface area (Å²) in [6.07, 6.45) is 3.17. The van der Waals surface area contributed by atoms with Gasteiger partial charge in [0.15, 0.2) is 0 Å². The summed E-state index contributed by atoms with van der Waals surface area (Å²) in [5, 5.41) is 21.7. The van der Waals surface area contributed by atoms with Crippen LogP contribution < -0.4 is 4.90 Å². The molecule has 13 heteroatoms. The predicted octanol–water partition coefficient (Wildman–Crippen LogP) is 2.56. The fourth-order valence-corrected chi connectivity index (χ4v) is 4.12. The molecule has 0 amide bonds. The zero-order valence-corrected chi connectivity index (χ0v) is 15.7. The second kappa shape index (κ2) is 7.63. The molecule has 1 atom stereocenters. The molecule has 3 rings (SSSR count). The number of nitro benzene ring substituents is 1. The smallest absolute Gasteiger partial charge is 0.385 e. The predicted molar refractivity (Wildman–Crippen MR) is 94.8 cm³/mol. The number of sulfone groups is 1. The lowest BCUT2D eigenvalue weighted by atomic mass is 9.90. The zero-order valence-electron chi connectivity index (χ0n) is 14.8. The molecule has 1 aliphatic heterocycles. The van der Waals surface area contributed by atoms with Gasteiger partial charge in [-0.25, -0.2) is 13.4 Å². The van der Waals surface area contributed by atoms with Crippen LogP contribution in [0.4, 0.5) is 24.5 Å². The van der Waals surface area contributed by atoms with E-state index in [1.165, 1.54) is 6.20 Å². The summed E-state index contributed by atoms with van der Waals surface area (Å²) in [5.74, 6) is 0.262. The number of imidazole rings is 1. The first kappa shape index (κ1) is 21.0. The first-order valence-electron chi connectivity index (χ1n) is 8.54. The van der Waals surface area contributed by atoms with Gasteiger partial charge in [-0.05, 0) is 30.9 Å². The molecule has 2 heterocycles. The van der Waals surface area contributed by atoms with Crippen LogP contribution in [-0.2, 0) is 9.84 Å². The van der Waals surface area contributed by atoms with Crippen molar-refractivity contribution in [1.82, 2.24) is 9.97 Å². The van der Waals surface area contributed by atoms with E-state index < -0.39 is 37.0 Å². The Morgan fingerprint density at radius 1 is 1.31 bits per heavy atom. The summed E-state index contributed by atoms with van der Waals surface area (Å²) in [6.45, 7) is 0.600. The molecule has 0 radical (unpaired) electrons. The Hall–Kier alpha value is -2.67. The van der Waals surface area contributed by atoms with Crippen LogP contribution in [0.25, 0.3) is 0 Å². The molecule has 1 saturated heterocycles. The highest BCUT2D eigenvalue weighted by atomic mass is 32.2. The molecule has 0 spiro atoms. The minimum atomic E-state index is -5.69. The third kappa shape index (κ3) is 4.05. The minimum absolute atomic E-state index is 0.0297. The lowest BCUT2D eigenvalue weighted by Gasteiger charge is -2.34. The number of hydrogen-bond donors (Lipinski definition) is 2. The average Bonchev–Trinajstić information content (AvgIpc) is 3.21. The van der Waals surface area contributed by atoms with Crippen molar-refractivity contribution in [2.24, 2.45) is 5.92 Å². The van der Waals surface area contributed by atoms with Gasteiger partial charge in [-0.3, -0.25) is 10.1 Å². The number of aliphatic hydroxyl groups excluding tert-OH is 1. The Morgan fingerprint density at radius 3 is 2.48 bits per heavy atom. The molecule has 9 nitrogen and oxygen atoms in total. The minimum Gasteiger partial charge on any atom is -0.385 e. The highest BCUT2D eigenvalue weighted by molar-refractivity contribution is 7.92. The zero-order chi connectivity index (χ0) is 21.4. The number of rotatable bonds is 5. The third-order valence-corrected chi connectivity index (χ3v) is 6.37. The van der Waals surface area contributed by atoms with E-state index in [1.807, 2.05) is 0 Å². The number of hydrogen-bond acceptors (Lipinski definition) is 7. The van der Waals surface area contributed by atoms with Crippen LogP contribution in [-0.4, -0.2) is 47.0 Å². The number of nitrogens with zero attached hydrogens (tertiary/aromatic N) is 3. The first-order valence-corrected chi connectivity index (χ1v) is 10.0. The van der Waals surface area contributed by atoms with Gasteiger partial charge >= 0.3 is 5.51 Å². The van der Waals surface area contributed by atoms with Crippen LogP contribution in [0.2, 0.25) is 0 Å². The van der Waals surface area contributed by atoms with Gasteiger partial charge in [0.25, 0.3) is 15.5 Å². The van der Waals surface area contributed by atoms with Gasteiger partial charge in [0.05, 0.1) is 9.82 Å². The van der Waals surface area contributed by atoms with Crippen LogP contribution in [0, 0.1) is 16.0 Å². The van der Waals surface area contributed by atoms with Crippen LogP contribution in [0.3, 0.4) is 0 Å². The van der Waals surface area contributed by atoms with Gasteiger partial charge in [-0.15, -0.1) is 0 Å². The Labute approximate surface area is 163 Å². The molecular formula is C16H17F3N4O5S. The van der Waals surface area contributed by atoms with Crippen molar-refractivity contribution in [3.8, 4) is 0 Å². The summed E-state index contributed by atoms with van der Waals surface area (Å²) in [4.78, 5) is 17.7. The number of anilines is 1. The molecule has 1 fully saturated rings. The Bertz CT molecular complexity index is 986. The lowest BCUT2D eigenvalue weighted by molar-refractivity contribution is -0.384.